The van der Waals surface area contributed by atoms with Crippen molar-refractivity contribution in [1.82, 2.24) is 25.5 Å². The molecule has 31 heavy (non-hydrogen) atoms. The number of hydrogen-bond acceptors (Lipinski definition) is 7. The Balaban J connectivity index is 2.98. The minimum absolute atomic E-state index is 0.0242. The summed E-state index contributed by atoms with van der Waals surface area (Å²) in [5.41, 5.74) is 0. The van der Waals surface area contributed by atoms with Crippen LogP contribution in [0, 0.1) is 0 Å². The van der Waals surface area contributed by atoms with E-state index in [1.807, 2.05) is 0 Å². The number of rotatable bonds is 13. The number of aromatic nitrogens is 2. The maximum atomic E-state index is 13.2. The smallest absolute Gasteiger partial charge is 0.341 e. The second-order valence-electron chi connectivity index (χ2n) is 6.70. The molecule has 172 valence electrons. The van der Waals surface area contributed by atoms with Gasteiger partial charge in [0.1, 0.15) is 17.9 Å². The molecule has 0 spiro atoms. The van der Waals surface area contributed by atoms with E-state index in [1.54, 1.807) is 20.0 Å². The zero-order valence-electron chi connectivity index (χ0n) is 17.8. The Morgan fingerprint density at radius 1 is 1.23 bits per heavy atom. The highest BCUT2D eigenvalue weighted by Crippen LogP contribution is 2.09. The standard InChI is InChI=1S/C19H29N5O7/c1-4-8-24(12(3)19(30)31-11-17(27)28)18(29)13(9-14-20-6-7-21-14)23-16(26)10-22-15(25)5-2/h6-7,12-13H,4-5,8-11H2,1-3H3,(H,20,21)(H,22,25)(H,23,26)(H,27,28). The molecule has 1 rings (SSSR count). The van der Waals surface area contributed by atoms with E-state index in [9.17, 15) is 24.0 Å². The van der Waals surface area contributed by atoms with E-state index in [4.69, 9.17) is 9.84 Å². The van der Waals surface area contributed by atoms with Gasteiger partial charge in [-0.1, -0.05) is 13.8 Å². The highest BCUT2D eigenvalue weighted by atomic mass is 16.6. The molecule has 1 aromatic heterocycles. The first-order chi connectivity index (χ1) is 14.7. The van der Waals surface area contributed by atoms with Gasteiger partial charge in [-0.15, -0.1) is 0 Å². The number of imidazole rings is 1. The highest BCUT2D eigenvalue weighted by Gasteiger charge is 2.33. The van der Waals surface area contributed by atoms with Gasteiger partial charge in [0.2, 0.25) is 17.7 Å². The molecule has 0 radical (unpaired) electrons. The summed E-state index contributed by atoms with van der Waals surface area (Å²) < 4.78 is 4.70. The Labute approximate surface area is 179 Å². The van der Waals surface area contributed by atoms with Gasteiger partial charge in [0.05, 0.1) is 6.54 Å². The van der Waals surface area contributed by atoms with E-state index >= 15 is 0 Å². The Morgan fingerprint density at radius 2 is 1.94 bits per heavy atom. The summed E-state index contributed by atoms with van der Waals surface area (Å²) in [6, 6.07) is -2.14. The Hall–Kier alpha value is -3.44. The van der Waals surface area contributed by atoms with Crippen LogP contribution < -0.4 is 10.6 Å². The van der Waals surface area contributed by atoms with Crippen LogP contribution in [0.1, 0.15) is 39.4 Å². The largest absolute Gasteiger partial charge is 0.479 e. The summed E-state index contributed by atoms with van der Waals surface area (Å²) in [6.07, 6.45) is 3.81. The number of aliphatic carboxylic acids is 1. The van der Waals surface area contributed by atoms with Crippen LogP contribution in [0.25, 0.3) is 0 Å². The molecule has 3 amide bonds. The number of nitrogens with zero attached hydrogens (tertiary/aromatic N) is 2. The zero-order chi connectivity index (χ0) is 23.4. The molecule has 0 bridgehead atoms. The molecular formula is C19H29N5O7. The molecule has 2 atom stereocenters. The first-order valence-corrected chi connectivity index (χ1v) is 9.92. The van der Waals surface area contributed by atoms with E-state index in [2.05, 4.69) is 20.6 Å². The molecular weight excluding hydrogens is 410 g/mol. The van der Waals surface area contributed by atoms with Crippen LogP contribution in [-0.2, 0) is 35.1 Å². The third-order valence-electron chi connectivity index (χ3n) is 4.25. The van der Waals surface area contributed by atoms with Crippen molar-refractivity contribution >= 4 is 29.7 Å². The second-order valence-corrected chi connectivity index (χ2v) is 6.70. The SMILES string of the molecule is CCCN(C(=O)C(Cc1ncc[nH]1)NC(=O)CNC(=O)CC)C(C)C(=O)OCC(=O)O. The molecule has 0 saturated carbocycles. The summed E-state index contributed by atoms with van der Waals surface area (Å²) in [5, 5.41) is 13.7. The number of H-pyrrole nitrogens is 1. The van der Waals surface area contributed by atoms with Crippen LogP contribution >= 0.6 is 0 Å². The lowest BCUT2D eigenvalue weighted by molar-refractivity contribution is -0.161. The van der Waals surface area contributed by atoms with Crippen molar-refractivity contribution in [2.45, 2.75) is 52.1 Å². The van der Waals surface area contributed by atoms with Crippen molar-refractivity contribution in [3.05, 3.63) is 18.2 Å². The fourth-order valence-electron chi connectivity index (χ4n) is 2.67. The molecule has 1 aromatic rings. The predicted molar refractivity (Wildman–Crippen MR) is 108 cm³/mol. The summed E-state index contributed by atoms with van der Waals surface area (Å²) in [5.74, 6) is -3.20. The molecule has 4 N–H and O–H groups in total. The quantitative estimate of drug-likeness (QED) is 0.290. The minimum atomic E-state index is -1.31. The van der Waals surface area contributed by atoms with Crippen LogP contribution in [0.2, 0.25) is 0 Å². The average Bonchev–Trinajstić information content (AvgIpc) is 3.25. The van der Waals surface area contributed by atoms with E-state index in [1.165, 1.54) is 18.0 Å². The van der Waals surface area contributed by atoms with Gasteiger partial charge in [0.15, 0.2) is 6.61 Å². The summed E-state index contributed by atoms with van der Waals surface area (Å²) in [6.45, 7) is 3.92. The first-order valence-electron chi connectivity index (χ1n) is 9.92. The number of amides is 3. The van der Waals surface area contributed by atoms with E-state index < -0.39 is 42.4 Å². The van der Waals surface area contributed by atoms with Gasteiger partial charge in [0.25, 0.3) is 0 Å². The lowest BCUT2D eigenvalue weighted by Crippen LogP contribution is -2.55. The number of ether oxygens (including phenoxy) is 1. The number of nitrogens with one attached hydrogen (secondary N) is 3. The minimum Gasteiger partial charge on any atom is -0.479 e. The number of carbonyl (C=O) groups excluding carboxylic acids is 4. The van der Waals surface area contributed by atoms with Gasteiger partial charge in [-0.05, 0) is 13.3 Å². The maximum absolute atomic E-state index is 13.2. The van der Waals surface area contributed by atoms with E-state index in [0.29, 0.717) is 12.2 Å². The van der Waals surface area contributed by atoms with Crippen molar-refractivity contribution < 1.29 is 33.8 Å². The molecule has 1 heterocycles. The maximum Gasteiger partial charge on any atom is 0.341 e. The van der Waals surface area contributed by atoms with Crippen molar-refractivity contribution in [3.63, 3.8) is 0 Å². The second kappa shape index (κ2) is 13.0. The van der Waals surface area contributed by atoms with Crippen LogP contribution in [0.3, 0.4) is 0 Å². The molecule has 0 aliphatic rings. The molecule has 2 unspecified atom stereocenters. The number of carboxylic acids is 1. The van der Waals surface area contributed by atoms with Crippen LogP contribution in [0.4, 0.5) is 0 Å². The van der Waals surface area contributed by atoms with Crippen LogP contribution in [-0.4, -0.2) is 81.4 Å². The van der Waals surface area contributed by atoms with Crippen molar-refractivity contribution in [1.29, 1.82) is 0 Å². The Kier molecular flexibility index (Phi) is 10.7. The molecule has 0 aliphatic heterocycles. The highest BCUT2D eigenvalue weighted by molar-refractivity contribution is 5.92. The molecule has 12 nitrogen and oxygen atoms in total. The van der Waals surface area contributed by atoms with E-state index in [-0.39, 0.29) is 31.8 Å². The number of carbonyl (C=O) groups is 5. The average molecular weight is 439 g/mol. The number of carboxylic acid groups (broad SMARTS) is 1. The van der Waals surface area contributed by atoms with Crippen molar-refractivity contribution in [2.75, 3.05) is 19.7 Å². The van der Waals surface area contributed by atoms with Gasteiger partial charge in [0, 0.05) is 31.8 Å². The monoisotopic (exact) mass is 439 g/mol. The summed E-state index contributed by atoms with van der Waals surface area (Å²) in [4.78, 5) is 67.9. The molecule has 0 fully saturated rings. The fourth-order valence-corrected chi connectivity index (χ4v) is 2.67. The fraction of sp³-hybridized carbons (Fsp3) is 0.579. The number of esters is 1. The van der Waals surface area contributed by atoms with Gasteiger partial charge >= 0.3 is 11.9 Å². The Morgan fingerprint density at radius 3 is 2.48 bits per heavy atom. The van der Waals surface area contributed by atoms with Gasteiger partial charge in [-0.2, -0.15) is 0 Å². The predicted octanol–water partition coefficient (Wildman–Crippen LogP) is -0.782. The van der Waals surface area contributed by atoms with Crippen molar-refractivity contribution in [2.24, 2.45) is 0 Å². The lowest BCUT2D eigenvalue weighted by atomic mass is 10.1. The summed E-state index contributed by atoms with van der Waals surface area (Å²) >= 11 is 0. The van der Waals surface area contributed by atoms with Crippen molar-refractivity contribution in [3.8, 4) is 0 Å². The third-order valence-corrected chi connectivity index (χ3v) is 4.25. The normalized spacial score (nSPS) is 12.4. The molecule has 0 saturated heterocycles. The van der Waals surface area contributed by atoms with E-state index in [0.717, 1.165) is 0 Å². The van der Waals surface area contributed by atoms with Gasteiger partial charge in [-0.25, -0.2) is 14.6 Å². The number of hydrogen-bond donors (Lipinski definition) is 4. The van der Waals surface area contributed by atoms with Crippen LogP contribution in [0.15, 0.2) is 12.4 Å². The zero-order valence-corrected chi connectivity index (χ0v) is 17.8. The molecule has 0 aliphatic carbocycles. The molecule has 0 aromatic carbocycles. The third kappa shape index (κ3) is 8.84. The van der Waals surface area contributed by atoms with Crippen LogP contribution in [0.5, 0.6) is 0 Å². The first kappa shape index (κ1) is 25.6. The van der Waals surface area contributed by atoms with Gasteiger partial charge in [-0.3, -0.25) is 14.4 Å². The molecule has 12 heteroatoms. The topological polar surface area (TPSA) is 171 Å². The number of aromatic amines is 1. The Bertz CT molecular complexity index is 766. The van der Waals surface area contributed by atoms with Gasteiger partial charge < -0.3 is 30.4 Å². The summed E-state index contributed by atoms with van der Waals surface area (Å²) in [7, 11) is 0. The lowest BCUT2D eigenvalue weighted by Gasteiger charge is -2.31.